The molecule has 0 bridgehead atoms. The van der Waals surface area contributed by atoms with Gasteiger partial charge in [-0.3, -0.25) is 0 Å². The lowest BCUT2D eigenvalue weighted by atomic mass is 10.1. The monoisotopic (exact) mass is 230 g/mol. The van der Waals surface area contributed by atoms with Gasteiger partial charge in [-0.1, -0.05) is 12.1 Å². The summed E-state index contributed by atoms with van der Waals surface area (Å²) >= 11 is 0. The minimum atomic E-state index is 0.465. The van der Waals surface area contributed by atoms with Crippen molar-refractivity contribution in [1.82, 2.24) is 5.32 Å². The van der Waals surface area contributed by atoms with Gasteiger partial charge in [-0.15, -0.1) is 0 Å². The summed E-state index contributed by atoms with van der Waals surface area (Å²) in [5.41, 5.74) is 2.70. The van der Waals surface area contributed by atoms with E-state index in [1.807, 2.05) is 19.2 Å². The molecule has 0 saturated carbocycles. The smallest absolute Gasteiger partial charge is 0.122 e. The van der Waals surface area contributed by atoms with E-state index in [0.717, 1.165) is 25.0 Å². The summed E-state index contributed by atoms with van der Waals surface area (Å²) in [4.78, 5) is 0. The molecule has 90 valence electrons. The third-order valence-corrected chi connectivity index (χ3v) is 3.27. The maximum atomic E-state index is 8.47. The molecule has 3 heteroatoms. The third kappa shape index (κ3) is 2.59. The molecule has 1 unspecified atom stereocenters. The second-order valence-electron chi connectivity index (χ2n) is 4.31. The Morgan fingerprint density at radius 3 is 3.18 bits per heavy atom. The predicted molar refractivity (Wildman–Crippen MR) is 66.9 cm³/mol. The molecule has 0 saturated heterocycles. The van der Waals surface area contributed by atoms with Crippen molar-refractivity contribution in [2.75, 3.05) is 13.7 Å². The lowest BCUT2D eigenvalue weighted by Crippen LogP contribution is -2.12. The van der Waals surface area contributed by atoms with Crippen LogP contribution in [-0.2, 0) is 6.42 Å². The lowest BCUT2D eigenvalue weighted by Gasteiger charge is -2.12. The molecule has 0 radical (unpaired) electrons. The molecule has 1 aromatic carbocycles. The Labute approximate surface area is 102 Å². The third-order valence-electron chi connectivity index (χ3n) is 3.27. The van der Waals surface area contributed by atoms with Gasteiger partial charge < -0.3 is 10.1 Å². The molecule has 1 atom stereocenters. The molecule has 17 heavy (non-hydrogen) atoms. The molecular weight excluding hydrogens is 212 g/mol. The standard InChI is InChI=1S/C14H18N2O/c1-16-13-8-7-12-11(13)5-4-6-14(12)17-10-3-2-9-15/h4-6,13,16H,2-3,7-8,10H2,1H3. The molecule has 1 aliphatic carbocycles. The fourth-order valence-electron chi connectivity index (χ4n) is 2.39. The summed E-state index contributed by atoms with van der Waals surface area (Å²) in [6, 6.07) is 8.85. The first-order valence-electron chi connectivity index (χ1n) is 6.15. The first kappa shape index (κ1) is 11.9. The topological polar surface area (TPSA) is 45.0 Å². The molecule has 0 fully saturated rings. The summed E-state index contributed by atoms with van der Waals surface area (Å²) in [6.07, 6.45) is 3.59. The predicted octanol–water partition coefficient (Wildman–Crippen LogP) is 2.58. The Balaban J connectivity index is 2.04. The van der Waals surface area contributed by atoms with Gasteiger partial charge in [0.1, 0.15) is 5.75 Å². The number of ether oxygens (including phenoxy) is 1. The van der Waals surface area contributed by atoms with Crippen molar-refractivity contribution in [1.29, 1.82) is 5.26 Å². The average Bonchev–Trinajstić information content (AvgIpc) is 2.78. The molecule has 0 heterocycles. The van der Waals surface area contributed by atoms with E-state index in [4.69, 9.17) is 10.00 Å². The van der Waals surface area contributed by atoms with Crippen LogP contribution in [0.5, 0.6) is 5.75 Å². The highest BCUT2D eigenvalue weighted by Gasteiger charge is 2.23. The van der Waals surface area contributed by atoms with Crippen molar-refractivity contribution >= 4 is 0 Å². The Bertz CT molecular complexity index is 423. The summed E-state index contributed by atoms with van der Waals surface area (Å²) in [5, 5.41) is 11.8. The first-order chi connectivity index (χ1) is 8.36. The fraction of sp³-hybridized carbons (Fsp3) is 0.500. The number of rotatable bonds is 5. The van der Waals surface area contributed by atoms with Crippen molar-refractivity contribution in [2.45, 2.75) is 31.7 Å². The molecule has 1 N–H and O–H groups in total. The van der Waals surface area contributed by atoms with Crippen LogP contribution in [0.2, 0.25) is 0 Å². The van der Waals surface area contributed by atoms with Crippen LogP contribution in [0, 0.1) is 11.3 Å². The molecular formula is C14H18N2O. The Morgan fingerprint density at radius 2 is 2.41 bits per heavy atom. The van der Waals surface area contributed by atoms with Gasteiger partial charge in [-0.2, -0.15) is 5.26 Å². The van der Waals surface area contributed by atoms with Crippen LogP contribution in [-0.4, -0.2) is 13.7 Å². The molecule has 0 spiro atoms. The number of unbranched alkanes of at least 4 members (excludes halogenated alkanes) is 1. The number of fused-ring (bicyclic) bond motifs is 1. The lowest BCUT2D eigenvalue weighted by molar-refractivity contribution is 0.310. The molecule has 1 aromatic rings. The molecule has 1 aliphatic rings. The molecule has 0 amide bonds. The Hall–Kier alpha value is -1.53. The normalized spacial score (nSPS) is 17.5. The highest BCUT2D eigenvalue weighted by molar-refractivity contribution is 5.45. The maximum absolute atomic E-state index is 8.47. The fourth-order valence-corrected chi connectivity index (χ4v) is 2.39. The van der Waals surface area contributed by atoms with Crippen LogP contribution in [0.4, 0.5) is 0 Å². The summed E-state index contributed by atoms with van der Waals surface area (Å²) in [6.45, 7) is 0.633. The second kappa shape index (κ2) is 5.70. The van der Waals surface area contributed by atoms with E-state index in [1.165, 1.54) is 11.1 Å². The van der Waals surface area contributed by atoms with Crippen LogP contribution in [0.25, 0.3) is 0 Å². The molecule has 3 nitrogen and oxygen atoms in total. The van der Waals surface area contributed by atoms with E-state index >= 15 is 0 Å². The molecule has 2 rings (SSSR count). The Morgan fingerprint density at radius 1 is 1.53 bits per heavy atom. The Kier molecular flexibility index (Phi) is 4.00. The van der Waals surface area contributed by atoms with E-state index in [9.17, 15) is 0 Å². The summed E-state index contributed by atoms with van der Waals surface area (Å²) in [7, 11) is 2.00. The van der Waals surface area contributed by atoms with Gasteiger partial charge in [0.25, 0.3) is 0 Å². The second-order valence-corrected chi connectivity index (χ2v) is 4.31. The van der Waals surface area contributed by atoms with Gasteiger partial charge in [0.2, 0.25) is 0 Å². The van der Waals surface area contributed by atoms with E-state index in [2.05, 4.69) is 17.5 Å². The van der Waals surface area contributed by atoms with Crippen LogP contribution >= 0.6 is 0 Å². The summed E-state index contributed by atoms with van der Waals surface area (Å²) < 4.78 is 5.76. The van der Waals surface area contributed by atoms with Crippen molar-refractivity contribution in [2.24, 2.45) is 0 Å². The van der Waals surface area contributed by atoms with Crippen LogP contribution in [0.15, 0.2) is 18.2 Å². The minimum absolute atomic E-state index is 0.465. The number of hydrogen-bond donors (Lipinski definition) is 1. The zero-order valence-electron chi connectivity index (χ0n) is 10.2. The SMILES string of the molecule is CNC1CCc2c(OCCCC#N)cccc21. The van der Waals surface area contributed by atoms with E-state index in [0.29, 0.717) is 19.1 Å². The number of nitrogens with one attached hydrogen (secondary N) is 1. The van der Waals surface area contributed by atoms with Gasteiger partial charge in [0.15, 0.2) is 0 Å². The van der Waals surface area contributed by atoms with Gasteiger partial charge in [0.05, 0.1) is 12.7 Å². The van der Waals surface area contributed by atoms with Gasteiger partial charge in [-0.25, -0.2) is 0 Å². The average molecular weight is 230 g/mol. The zero-order valence-corrected chi connectivity index (χ0v) is 10.2. The van der Waals surface area contributed by atoms with Gasteiger partial charge >= 0.3 is 0 Å². The van der Waals surface area contributed by atoms with E-state index in [1.54, 1.807) is 0 Å². The van der Waals surface area contributed by atoms with Crippen molar-refractivity contribution in [3.8, 4) is 11.8 Å². The van der Waals surface area contributed by atoms with Crippen molar-refractivity contribution in [3.05, 3.63) is 29.3 Å². The van der Waals surface area contributed by atoms with Gasteiger partial charge in [-0.05, 0) is 43.5 Å². The zero-order chi connectivity index (χ0) is 12.1. The largest absolute Gasteiger partial charge is 0.493 e. The van der Waals surface area contributed by atoms with E-state index < -0.39 is 0 Å². The van der Waals surface area contributed by atoms with Crippen molar-refractivity contribution in [3.63, 3.8) is 0 Å². The maximum Gasteiger partial charge on any atom is 0.122 e. The number of benzene rings is 1. The minimum Gasteiger partial charge on any atom is -0.493 e. The summed E-state index contributed by atoms with van der Waals surface area (Å²) in [5.74, 6) is 0.998. The van der Waals surface area contributed by atoms with Crippen molar-refractivity contribution < 1.29 is 4.74 Å². The number of nitrogens with zero attached hydrogens (tertiary/aromatic N) is 1. The van der Waals surface area contributed by atoms with Crippen LogP contribution in [0.3, 0.4) is 0 Å². The highest BCUT2D eigenvalue weighted by atomic mass is 16.5. The van der Waals surface area contributed by atoms with Gasteiger partial charge in [0, 0.05) is 12.5 Å². The highest BCUT2D eigenvalue weighted by Crippen LogP contribution is 2.36. The van der Waals surface area contributed by atoms with Crippen LogP contribution < -0.4 is 10.1 Å². The first-order valence-corrected chi connectivity index (χ1v) is 6.15. The molecule has 0 aliphatic heterocycles. The molecule has 0 aromatic heterocycles. The number of nitriles is 1. The quantitative estimate of drug-likeness (QED) is 0.791. The van der Waals surface area contributed by atoms with E-state index in [-0.39, 0.29) is 0 Å². The van der Waals surface area contributed by atoms with Crippen LogP contribution in [0.1, 0.15) is 36.4 Å². The number of hydrogen-bond acceptors (Lipinski definition) is 3.